The van der Waals surface area contributed by atoms with Crippen molar-refractivity contribution < 1.29 is 4.79 Å². The Morgan fingerprint density at radius 1 is 1.21 bits per heavy atom. The van der Waals surface area contributed by atoms with Gasteiger partial charge in [0.05, 0.1) is 20.7 Å². The molecule has 0 heterocycles. The summed E-state index contributed by atoms with van der Waals surface area (Å²) in [6.07, 6.45) is 0. The molecule has 19 heavy (non-hydrogen) atoms. The lowest BCUT2D eigenvalue weighted by molar-refractivity contribution is 0.102. The van der Waals surface area contributed by atoms with Gasteiger partial charge in [0.15, 0.2) is 0 Å². The lowest BCUT2D eigenvalue weighted by Crippen LogP contribution is -2.14. The molecule has 0 atom stereocenters. The van der Waals surface area contributed by atoms with Crippen LogP contribution in [0.2, 0.25) is 10.0 Å². The van der Waals surface area contributed by atoms with Crippen molar-refractivity contribution in [2.24, 2.45) is 0 Å². The van der Waals surface area contributed by atoms with Crippen LogP contribution in [0, 0.1) is 0 Å². The summed E-state index contributed by atoms with van der Waals surface area (Å²) in [5, 5.41) is 3.69. The summed E-state index contributed by atoms with van der Waals surface area (Å²) in [6, 6.07) is 9.92. The molecule has 0 aliphatic rings. The van der Waals surface area contributed by atoms with Gasteiger partial charge in [-0.3, -0.25) is 4.79 Å². The van der Waals surface area contributed by atoms with Gasteiger partial charge in [0, 0.05) is 10.7 Å². The van der Waals surface area contributed by atoms with Crippen molar-refractivity contribution in [2.45, 2.75) is 0 Å². The van der Waals surface area contributed by atoms with Crippen molar-refractivity contribution in [1.82, 2.24) is 0 Å². The van der Waals surface area contributed by atoms with Crippen LogP contribution in [-0.4, -0.2) is 5.91 Å². The number of hydrogen-bond acceptors (Lipinski definition) is 2. The average molecular weight is 360 g/mol. The number of carbonyl (C=O) groups excluding carboxylic acids is 1. The van der Waals surface area contributed by atoms with Gasteiger partial charge in [-0.15, -0.1) is 0 Å². The van der Waals surface area contributed by atoms with Crippen molar-refractivity contribution in [3.05, 3.63) is 56.5 Å². The number of nitrogens with one attached hydrogen (secondary N) is 1. The zero-order valence-electron chi connectivity index (χ0n) is 9.58. The predicted molar refractivity (Wildman–Crippen MR) is 83.0 cm³/mol. The zero-order chi connectivity index (χ0) is 14.0. The minimum Gasteiger partial charge on any atom is -0.398 e. The van der Waals surface area contributed by atoms with Gasteiger partial charge in [0.2, 0.25) is 0 Å². The van der Waals surface area contributed by atoms with Crippen molar-refractivity contribution in [3.63, 3.8) is 0 Å². The third-order valence-electron chi connectivity index (χ3n) is 2.46. The summed E-state index contributed by atoms with van der Waals surface area (Å²) in [7, 11) is 0. The number of carbonyl (C=O) groups is 1. The third-order valence-corrected chi connectivity index (χ3v) is 4.09. The van der Waals surface area contributed by atoms with Crippen molar-refractivity contribution in [1.29, 1.82) is 0 Å². The van der Waals surface area contributed by atoms with Crippen LogP contribution in [0.4, 0.5) is 11.4 Å². The normalized spacial score (nSPS) is 10.3. The molecule has 2 aromatic carbocycles. The van der Waals surface area contributed by atoms with E-state index in [1.807, 2.05) is 0 Å². The molecule has 3 nitrogen and oxygen atoms in total. The number of nitrogen functional groups attached to an aromatic ring is 1. The van der Waals surface area contributed by atoms with Crippen LogP contribution in [0.5, 0.6) is 0 Å². The van der Waals surface area contributed by atoms with Crippen LogP contribution in [0.1, 0.15) is 10.4 Å². The highest BCUT2D eigenvalue weighted by atomic mass is 79.9. The minimum absolute atomic E-state index is 0.319. The summed E-state index contributed by atoms with van der Waals surface area (Å²) in [5.74, 6) is -0.344. The van der Waals surface area contributed by atoms with Crippen molar-refractivity contribution >= 4 is 56.4 Å². The highest BCUT2D eigenvalue weighted by Gasteiger charge is 2.13. The van der Waals surface area contributed by atoms with Crippen molar-refractivity contribution in [2.75, 3.05) is 11.1 Å². The Morgan fingerprint density at radius 3 is 2.68 bits per heavy atom. The van der Waals surface area contributed by atoms with Crippen LogP contribution >= 0.6 is 39.1 Å². The molecule has 3 N–H and O–H groups in total. The summed E-state index contributed by atoms with van der Waals surface area (Å²) < 4.78 is 0.616. The standard InChI is InChI=1S/C13H9BrCl2N2O/c14-12-9(16)2-1-3-11(12)18-13(19)8-6-7(15)4-5-10(8)17/h1-6H,17H2,(H,18,19). The number of anilines is 2. The van der Waals surface area contributed by atoms with E-state index in [4.69, 9.17) is 28.9 Å². The minimum atomic E-state index is -0.344. The monoisotopic (exact) mass is 358 g/mol. The van der Waals surface area contributed by atoms with E-state index in [0.29, 0.717) is 31.5 Å². The molecule has 0 spiro atoms. The smallest absolute Gasteiger partial charge is 0.257 e. The van der Waals surface area contributed by atoms with Crippen molar-refractivity contribution in [3.8, 4) is 0 Å². The molecule has 0 aromatic heterocycles. The first kappa shape index (κ1) is 14.2. The molecular formula is C13H9BrCl2N2O. The summed E-state index contributed by atoms with van der Waals surface area (Å²) in [6.45, 7) is 0. The Balaban J connectivity index is 2.31. The van der Waals surface area contributed by atoms with Gasteiger partial charge < -0.3 is 11.1 Å². The lowest BCUT2D eigenvalue weighted by Gasteiger charge is -2.10. The number of benzene rings is 2. The fourth-order valence-corrected chi connectivity index (χ4v) is 2.23. The summed E-state index contributed by atoms with van der Waals surface area (Å²) >= 11 is 15.1. The second-order valence-corrected chi connectivity index (χ2v) is 5.42. The number of halogens is 3. The highest BCUT2D eigenvalue weighted by molar-refractivity contribution is 9.10. The van der Waals surface area contributed by atoms with Crippen LogP contribution < -0.4 is 11.1 Å². The maximum Gasteiger partial charge on any atom is 0.257 e. The summed E-state index contributed by atoms with van der Waals surface area (Å²) in [5.41, 5.74) is 7.00. The van der Waals surface area contributed by atoms with Crippen LogP contribution in [0.3, 0.4) is 0 Å². The quantitative estimate of drug-likeness (QED) is 0.770. The molecule has 0 aliphatic carbocycles. The maximum atomic E-state index is 12.1. The predicted octanol–water partition coefficient (Wildman–Crippen LogP) is 4.59. The van der Waals surface area contributed by atoms with Gasteiger partial charge in [-0.1, -0.05) is 29.3 Å². The second kappa shape index (κ2) is 5.82. The lowest BCUT2D eigenvalue weighted by atomic mass is 10.1. The van der Waals surface area contributed by atoms with Gasteiger partial charge >= 0.3 is 0 Å². The molecule has 0 unspecified atom stereocenters. The molecule has 0 saturated heterocycles. The fourth-order valence-electron chi connectivity index (χ4n) is 1.52. The van der Waals surface area contributed by atoms with Gasteiger partial charge in [-0.05, 0) is 46.3 Å². The first-order chi connectivity index (χ1) is 8.99. The van der Waals surface area contributed by atoms with E-state index in [9.17, 15) is 4.79 Å². The average Bonchev–Trinajstić information content (AvgIpc) is 2.38. The van der Waals surface area contributed by atoms with Gasteiger partial charge in [-0.25, -0.2) is 0 Å². The van der Waals surface area contributed by atoms with E-state index in [1.165, 1.54) is 6.07 Å². The van der Waals surface area contributed by atoms with E-state index in [1.54, 1.807) is 30.3 Å². The largest absolute Gasteiger partial charge is 0.398 e. The van der Waals surface area contributed by atoms with E-state index in [0.717, 1.165) is 0 Å². The Bertz CT molecular complexity index is 647. The Kier molecular flexibility index (Phi) is 4.34. The van der Waals surface area contributed by atoms with E-state index in [-0.39, 0.29) is 5.91 Å². The highest BCUT2D eigenvalue weighted by Crippen LogP contribution is 2.30. The zero-order valence-corrected chi connectivity index (χ0v) is 12.7. The van der Waals surface area contributed by atoms with Gasteiger partial charge in [0.1, 0.15) is 0 Å². The topological polar surface area (TPSA) is 55.1 Å². The van der Waals surface area contributed by atoms with E-state index in [2.05, 4.69) is 21.2 Å². The first-order valence-electron chi connectivity index (χ1n) is 5.29. The van der Waals surface area contributed by atoms with Gasteiger partial charge in [0.25, 0.3) is 5.91 Å². The molecule has 0 saturated carbocycles. The van der Waals surface area contributed by atoms with E-state index >= 15 is 0 Å². The number of amides is 1. The number of nitrogens with two attached hydrogens (primary N) is 1. The molecule has 0 aliphatic heterocycles. The third kappa shape index (κ3) is 3.21. The fraction of sp³-hybridized carbons (Fsp3) is 0. The number of hydrogen-bond donors (Lipinski definition) is 2. The summed E-state index contributed by atoms with van der Waals surface area (Å²) in [4.78, 5) is 12.1. The molecule has 0 fully saturated rings. The Morgan fingerprint density at radius 2 is 1.95 bits per heavy atom. The maximum absolute atomic E-state index is 12.1. The molecule has 0 radical (unpaired) electrons. The van der Waals surface area contributed by atoms with Crippen LogP contribution in [0.25, 0.3) is 0 Å². The first-order valence-corrected chi connectivity index (χ1v) is 6.84. The molecule has 98 valence electrons. The number of rotatable bonds is 2. The molecular weight excluding hydrogens is 351 g/mol. The second-order valence-electron chi connectivity index (χ2n) is 3.79. The van der Waals surface area contributed by atoms with Gasteiger partial charge in [-0.2, -0.15) is 0 Å². The molecule has 2 aromatic rings. The van der Waals surface area contributed by atoms with Crippen LogP contribution in [-0.2, 0) is 0 Å². The molecule has 0 bridgehead atoms. The molecule has 1 amide bonds. The van der Waals surface area contributed by atoms with Crippen LogP contribution in [0.15, 0.2) is 40.9 Å². The molecule has 2 rings (SSSR count). The van der Waals surface area contributed by atoms with E-state index < -0.39 is 0 Å². The Hall–Kier alpha value is -1.23. The SMILES string of the molecule is Nc1ccc(Cl)cc1C(=O)Nc1cccc(Cl)c1Br. The Labute approximate surface area is 128 Å². The molecule has 6 heteroatoms.